The van der Waals surface area contributed by atoms with E-state index in [1.165, 1.54) is 11.3 Å². The minimum atomic E-state index is -0.369. The van der Waals surface area contributed by atoms with Crippen LogP contribution >= 0.6 is 45.5 Å². The summed E-state index contributed by atoms with van der Waals surface area (Å²) in [4.78, 5) is 11.7. The molecular formula is C12H10ClIN2O2S. The highest BCUT2D eigenvalue weighted by molar-refractivity contribution is 14.1. The maximum absolute atomic E-state index is 11.0. The zero-order chi connectivity index (χ0) is 13.8. The van der Waals surface area contributed by atoms with Crippen molar-refractivity contribution >= 4 is 56.9 Å². The molecule has 1 aromatic carbocycles. The second-order valence-electron chi connectivity index (χ2n) is 3.80. The van der Waals surface area contributed by atoms with Crippen molar-refractivity contribution in [2.75, 3.05) is 11.9 Å². The van der Waals surface area contributed by atoms with Gasteiger partial charge in [0.1, 0.15) is 5.69 Å². The van der Waals surface area contributed by atoms with Gasteiger partial charge in [0.15, 0.2) is 0 Å². The summed E-state index contributed by atoms with van der Waals surface area (Å²) in [7, 11) is 0. The van der Waals surface area contributed by atoms with Crippen molar-refractivity contribution in [3.63, 3.8) is 0 Å². The first-order chi connectivity index (χ1) is 9.06. The highest BCUT2D eigenvalue weighted by Crippen LogP contribution is 2.27. The van der Waals surface area contributed by atoms with Crippen molar-refractivity contribution in [2.24, 2.45) is 0 Å². The predicted octanol–water partition coefficient (Wildman–Crippen LogP) is 4.57. The lowest BCUT2D eigenvalue weighted by Crippen LogP contribution is -2.06. The Morgan fingerprint density at radius 3 is 2.79 bits per heavy atom. The molecule has 0 fully saturated rings. The Hall–Kier alpha value is -0.860. The van der Waals surface area contributed by atoms with Gasteiger partial charge in [-0.25, -0.2) is 0 Å². The fraction of sp³-hybridized carbons (Fsp3) is 0.167. The molecule has 1 heterocycles. The third-order valence-electron chi connectivity index (χ3n) is 2.47. The van der Waals surface area contributed by atoms with Crippen LogP contribution in [-0.4, -0.2) is 11.5 Å². The van der Waals surface area contributed by atoms with E-state index in [-0.39, 0.29) is 10.6 Å². The Kier molecular flexibility index (Phi) is 5.00. The van der Waals surface area contributed by atoms with Crippen molar-refractivity contribution in [1.29, 1.82) is 0 Å². The van der Waals surface area contributed by atoms with Gasteiger partial charge in [0, 0.05) is 21.1 Å². The van der Waals surface area contributed by atoms with Crippen LogP contribution in [-0.2, 0) is 6.42 Å². The predicted molar refractivity (Wildman–Crippen MR) is 87.3 cm³/mol. The summed E-state index contributed by atoms with van der Waals surface area (Å²) >= 11 is 9.43. The average Bonchev–Trinajstić information content (AvgIpc) is 2.77. The Morgan fingerprint density at radius 2 is 2.16 bits per heavy atom. The maximum Gasteiger partial charge on any atom is 0.293 e. The molecule has 100 valence electrons. The summed E-state index contributed by atoms with van der Waals surface area (Å²) in [5.74, 6) is 0. The van der Waals surface area contributed by atoms with Gasteiger partial charge in [0.25, 0.3) is 5.69 Å². The average molecular weight is 409 g/mol. The van der Waals surface area contributed by atoms with Crippen LogP contribution in [0.4, 0.5) is 11.4 Å². The zero-order valence-corrected chi connectivity index (χ0v) is 13.5. The third-order valence-corrected chi connectivity index (χ3v) is 4.43. The number of nitrogens with zero attached hydrogens (tertiary/aromatic N) is 1. The smallest absolute Gasteiger partial charge is 0.293 e. The molecule has 0 aliphatic heterocycles. The SMILES string of the molecule is O=[N+]([O-])c1cc(I)ccc1NCCc1ccc(Cl)s1. The van der Waals surface area contributed by atoms with Crippen LogP contribution in [0.3, 0.4) is 0 Å². The number of nitrogens with one attached hydrogen (secondary N) is 1. The number of nitro benzene ring substituents is 1. The summed E-state index contributed by atoms with van der Waals surface area (Å²) < 4.78 is 1.61. The maximum atomic E-state index is 11.0. The summed E-state index contributed by atoms with van der Waals surface area (Å²) in [5, 5.41) is 14.1. The Morgan fingerprint density at radius 1 is 1.37 bits per heavy atom. The van der Waals surface area contributed by atoms with Crippen molar-refractivity contribution < 1.29 is 4.92 Å². The Bertz CT molecular complexity index is 603. The number of rotatable bonds is 5. The van der Waals surface area contributed by atoms with E-state index in [1.54, 1.807) is 12.1 Å². The number of hydrogen-bond acceptors (Lipinski definition) is 4. The first-order valence-corrected chi connectivity index (χ1v) is 7.75. The number of anilines is 1. The first-order valence-electron chi connectivity index (χ1n) is 5.48. The van der Waals surface area contributed by atoms with E-state index in [1.807, 2.05) is 18.2 Å². The van der Waals surface area contributed by atoms with Gasteiger partial charge in [-0.1, -0.05) is 11.6 Å². The van der Waals surface area contributed by atoms with E-state index < -0.39 is 0 Å². The van der Waals surface area contributed by atoms with Gasteiger partial charge in [0.2, 0.25) is 0 Å². The molecule has 0 atom stereocenters. The van der Waals surface area contributed by atoms with Crippen LogP contribution in [0.1, 0.15) is 4.88 Å². The normalized spacial score (nSPS) is 10.4. The molecule has 0 spiro atoms. The Labute approximate surface area is 133 Å². The lowest BCUT2D eigenvalue weighted by Gasteiger charge is -2.06. The molecule has 0 aliphatic rings. The van der Waals surface area contributed by atoms with E-state index >= 15 is 0 Å². The molecule has 0 amide bonds. The monoisotopic (exact) mass is 408 g/mol. The minimum Gasteiger partial charge on any atom is -0.379 e. The molecule has 0 radical (unpaired) electrons. The van der Waals surface area contributed by atoms with Crippen LogP contribution in [0.15, 0.2) is 30.3 Å². The number of benzene rings is 1. The van der Waals surface area contributed by atoms with E-state index in [9.17, 15) is 10.1 Å². The quantitative estimate of drug-likeness (QED) is 0.448. The standard InChI is InChI=1S/C12H10ClIN2O2S/c13-12-4-2-9(19-12)5-6-15-10-3-1-8(14)7-11(10)16(17)18/h1-4,7,15H,5-6H2. The van der Waals surface area contributed by atoms with E-state index in [4.69, 9.17) is 11.6 Å². The third kappa shape index (κ3) is 4.05. The van der Waals surface area contributed by atoms with Gasteiger partial charge in [0.05, 0.1) is 9.26 Å². The lowest BCUT2D eigenvalue weighted by atomic mass is 10.2. The van der Waals surface area contributed by atoms with E-state index in [0.29, 0.717) is 12.2 Å². The molecule has 0 aliphatic carbocycles. The lowest BCUT2D eigenvalue weighted by molar-refractivity contribution is -0.384. The summed E-state index contributed by atoms with van der Waals surface area (Å²) in [6, 6.07) is 8.97. The highest BCUT2D eigenvalue weighted by Gasteiger charge is 2.13. The molecule has 0 saturated carbocycles. The minimum absolute atomic E-state index is 0.108. The number of halogens is 2. The van der Waals surface area contributed by atoms with Gasteiger partial charge < -0.3 is 5.32 Å². The van der Waals surface area contributed by atoms with Crippen molar-refractivity contribution in [3.8, 4) is 0 Å². The molecule has 2 rings (SSSR count). The summed E-state index contributed by atoms with van der Waals surface area (Å²) in [6.07, 6.45) is 0.792. The van der Waals surface area contributed by atoms with Gasteiger partial charge in [-0.15, -0.1) is 11.3 Å². The van der Waals surface area contributed by atoms with Crippen LogP contribution < -0.4 is 5.32 Å². The molecular weight excluding hydrogens is 399 g/mol. The van der Waals surface area contributed by atoms with E-state index in [0.717, 1.165) is 19.2 Å². The second-order valence-corrected chi connectivity index (χ2v) is 6.85. The highest BCUT2D eigenvalue weighted by atomic mass is 127. The van der Waals surface area contributed by atoms with Crippen molar-refractivity contribution in [2.45, 2.75) is 6.42 Å². The van der Waals surface area contributed by atoms with Crippen molar-refractivity contribution in [1.82, 2.24) is 0 Å². The summed E-state index contributed by atoms with van der Waals surface area (Å²) in [6.45, 7) is 0.637. The molecule has 0 saturated heterocycles. The molecule has 0 bridgehead atoms. The fourth-order valence-electron chi connectivity index (χ4n) is 1.61. The molecule has 7 heteroatoms. The van der Waals surface area contributed by atoms with Gasteiger partial charge >= 0.3 is 0 Å². The van der Waals surface area contributed by atoms with Crippen LogP contribution in [0, 0.1) is 13.7 Å². The van der Waals surface area contributed by atoms with Crippen LogP contribution in [0.5, 0.6) is 0 Å². The van der Waals surface area contributed by atoms with Gasteiger partial charge in [-0.2, -0.15) is 0 Å². The summed E-state index contributed by atoms with van der Waals surface area (Å²) in [5.41, 5.74) is 0.657. The molecule has 1 aromatic heterocycles. The molecule has 0 unspecified atom stereocenters. The molecule has 4 nitrogen and oxygen atoms in total. The molecule has 1 N–H and O–H groups in total. The van der Waals surface area contributed by atoms with Crippen LogP contribution in [0.2, 0.25) is 4.34 Å². The van der Waals surface area contributed by atoms with E-state index in [2.05, 4.69) is 27.9 Å². The fourth-order valence-corrected chi connectivity index (χ4v) is 3.17. The van der Waals surface area contributed by atoms with Gasteiger partial charge in [-0.05, 0) is 53.3 Å². The molecule has 2 aromatic rings. The topological polar surface area (TPSA) is 55.2 Å². The van der Waals surface area contributed by atoms with Crippen molar-refractivity contribution in [3.05, 3.63) is 53.2 Å². The second kappa shape index (κ2) is 6.53. The number of hydrogen-bond donors (Lipinski definition) is 1. The Balaban J connectivity index is 2.01. The largest absolute Gasteiger partial charge is 0.379 e. The number of nitro groups is 1. The van der Waals surface area contributed by atoms with Gasteiger partial charge in [-0.3, -0.25) is 10.1 Å². The molecule has 19 heavy (non-hydrogen) atoms. The number of thiophene rings is 1. The first kappa shape index (κ1) is 14.5. The van der Waals surface area contributed by atoms with Crippen LogP contribution in [0.25, 0.3) is 0 Å². The zero-order valence-electron chi connectivity index (χ0n) is 9.73.